The molecule has 0 saturated heterocycles. The zero-order valence-corrected chi connectivity index (χ0v) is 9.77. The van der Waals surface area contributed by atoms with Crippen LogP contribution in [0.25, 0.3) is 0 Å². The van der Waals surface area contributed by atoms with Crippen LogP contribution >= 0.6 is 0 Å². The van der Waals surface area contributed by atoms with Gasteiger partial charge in [-0.25, -0.2) is 13.2 Å². The van der Waals surface area contributed by atoms with Crippen molar-refractivity contribution in [2.75, 3.05) is 4.31 Å². The van der Waals surface area contributed by atoms with Gasteiger partial charge in [-0.3, -0.25) is 4.31 Å². The summed E-state index contributed by atoms with van der Waals surface area (Å²) in [7, 11) is -4.97. The molecular formula is C10H9F2NO4S. The number of sulfonamides is 1. The fraction of sp³-hybridized carbons (Fsp3) is 0.300. The van der Waals surface area contributed by atoms with Crippen LogP contribution in [0.3, 0.4) is 0 Å². The third kappa shape index (κ3) is 1.82. The van der Waals surface area contributed by atoms with Gasteiger partial charge in [0.1, 0.15) is 6.04 Å². The Labute approximate surface area is 102 Å². The number of alkyl halides is 2. The number of carbonyl (C=O) groups is 1. The van der Waals surface area contributed by atoms with E-state index in [-0.39, 0.29) is 12.1 Å². The molecule has 1 aliphatic rings. The monoisotopic (exact) mass is 277 g/mol. The predicted molar refractivity (Wildman–Crippen MR) is 59.0 cm³/mol. The fourth-order valence-corrected chi connectivity index (χ4v) is 3.09. The number of carboxylic acid groups (broad SMARTS) is 1. The van der Waals surface area contributed by atoms with E-state index < -0.39 is 27.8 Å². The summed E-state index contributed by atoms with van der Waals surface area (Å²) < 4.78 is 48.5. The van der Waals surface area contributed by atoms with Crippen LogP contribution in [0.15, 0.2) is 24.3 Å². The molecule has 5 nitrogen and oxygen atoms in total. The minimum absolute atomic E-state index is 0.00481. The smallest absolute Gasteiger partial charge is 0.355 e. The quantitative estimate of drug-likeness (QED) is 0.896. The van der Waals surface area contributed by atoms with Crippen molar-refractivity contribution in [3.05, 3.63) is 29.8 Å². The lowest BCUT2D eigenvalue weighted by atomic mass is 10.1. The molecule has 1 atom stereocenters. The minimum Gasteiger partial charge on any atom is -0.480 e. The van der Waals surface area contributed by atoms with Gasteiger partial charge in [0.05, 0.1) is 5.69 Å². The summed E-state index contributed by atoms with van der Waals surface area (Å²) in [5, 5.41) is 8.95. The Morgan fingerprint density at radius 3 is 2.56 bits per heavy atom. The Balaban J connectivity index is 2.57. The van der Waals surface area contributed by atoms with Crippen molar-refractivity contribution in [2.45, 2.75) is 18.2 Å². The summed E-state index contributed by atoms with van der Waals surface area (Å²) in [6.07, 6.45) is -0.114. The Morgan fingerprint density at radius 1 is 1.39 bits per heavy atom. The Kier molecular flexibility index (Phi) is 2.97. The second-order valence-electron chi connectivity index (χ2n) is 3.79. The first-order valence-corrected chi connectivity index (χ1v) is 6.48. The number of halogens is 2. The Bertz CT molecular complexity index is 587. The average molecular weight is 277 g/mol. The van der Waals surface area contributed by atoms with Crippen LogP contribution < -0.4 is 4.31 Å². The molecule has 1 unspecified atom stereocenters. The molecule has 1 aliphatic heterocycles. The molecule has 0 amide bonds. The lowest BCUT2D eigenvalue weighted by Gasteiger charge is -2.23. The molecule has 1 aromatic rings. The van der Waals surface area contributed by atoms with Crippen LogP contribution in [-0.2, 0) is 21.2 Å². The predicted octanol–water partition coefficient (Wildman–Crippen LogP) is 1.05. The number of para-hydroxylation sites is 1. The first-order chi connectivity index (χ1) is 8.35. The highest BCUT2D eigenvalue weighted by atomic mass is 32.2. The molecule has 1 aromatic carbocycles. The number of hydrogen-bond acceptors (Lipinski definition) is 3. The second kappa shape index (κ2) is 4.20. The summed E-state index contributed by atoms with van der Waals surface area (Å²) in [4.78, 5) is 11.0. The first kappa shape index (κ1) is 12.7. The van der Waals surface area contributed by atoms with E-state index in [1.54, 1.807) is 6.07 Å². The Morgan fingerprint density at radius 2 is 2.00 bits per heavy atom. The molecule has 1 heterocycles. The molecule has 0 radical (unpaired) electrons. The second-order valence-corrected chi connectivity index (χ2v) is 5.57. The number of hydrogen-bond donors (Lipinski definition) is 1. The summed E-state index contributed by atoms with van der Waals surface area (Å²) in [5.41, 5.74) is 0.430. The number of anilines is 1. The van der Waals surface area contributed by atoms with E-state index in [0.717, 1.165) is 0 Å². The largest absolute Gasteiger partial charge is 0.480 e. The van der Waals surface area contributed by atoms with Gasteiger partial charge in [0.15, 0.2) is 0 Å². The van der Waals surface area contributed by atoms with E-state index in [9.17, 15) is 22.0 Å². The molecule has 0 aromatic heterocycles. The average Bonchev–Trinajstić information content (AvgIpc) is 2.68. The number of carboxylic acids is 1. The van der Waals surface area contributed by atoms with Crippen molar-refractivity contribution in [3.8, 4) is 0 Å². The van der Waals surface area contributed by atoms with Gasteiger partial charge in [-0.15, -0.1) is 0 Å². The fourth-order valence-electron chi connectivity index (χ4n) is 1.95. The van der Waals surface area contributed by atoms with Gasteiger partial charge in [-0.05, 0) is 11.6 Å². The molecule has 0 fully saturated rings. The standard InChI is InChI=1S/C10H9F2NO4S/c11-10(12)18(16,17)13-7-4-2-1-3-6(7)5-8(13)9(14)15/h1-4,8,10H,5H2,(H,14,15). The van der Waals surface area contributed by atoms with E-state index in [4.69, 9.17) is 5.11 Å². The van der Waals surface area contributed by atoms with Gasteiger partial charge < -0.3 is 5.11 Å². The molecule has 0 aliphatic carbocycles. The highest BCUT2D eigenvalue weighted by Crippen LogP contribution is 2.36. The summed E-state index contributed by atoms with van der Waals surface area (Å²) in [6.45, 7) is 0. The zero-order valence-electron chi connectivity index (χ0n) is 8.95. The topological polar surface area (TPSA) is 74.7 Å². The number of aliphatic carboxylic acids is 1. The number of rotatable bonds is 3. The van der Waals surface area contributed by atoms with Gasteiger partial charge in [-0.1, -0.05) is 18.2 Å². The summed E-state index contributed by atoms with van der Waals surface area (Å²) in [6, 6.07) is 4.39. The summed E-state index contributed by atoms with van der Waals surface area (Å²) >= 11 is 0. The maximum absolute atomic E-state index is 12.6. The van der Waals surface area contributed by atoms with Gasteiger partial charge in [0.2, 0.25) is 0 Å². The maximum atomic E-state index is 12.6. The van der Waals surface area contributed by atoms with E-state index >= 15 is 0 Å². The molecule has 0 saturated carbocycles. The van der Waals surface area contributed by atoms with E-state index in [0.29, 0.717) is 9.87 Å². The van der Waals surface area contributed by atoms with Gasteiger partial charge >= 0.3 is 11.7 Å². The van der Waals surface area contributed by atoms with Crippen LogP contribution in [0.2, 0.25) is 0 Å². The molecule has 1 N–H and O–H groups in total. The van der Waals surface area contributed by atoms with E-state index in [1.807, 2.05) is 0 Å². The van der Waals surface area contributed by atoms with Crippen molar-refractivity contribution in [1.29, 1.82) is 0 Å². The third-order valence-corrected chi connectivity index (χ3v) is 4.16. The van der Waals surface area contributed by atoms with Crippen LogP contribution in [-0.4, -0.2) is 31.3 Å². The van der Waals surface area contributed by atoms with Gasteiger partial charge in [0, 0.05) is 6.42 Å². The third-order valence-electron chi connectivity index (χ3n) is 2.71. The van der Waals surface area contributed by atoms with Crippen molar-refractivity contribution in [3.63, 3.8) is 0 Å². The molecule has 2 rings (SSSR count). The molecular weight excluding hydrogens is 268 g/mol. The van der Waals surface area contributed by atoms with Crippen LogP contribution in [0.1, 0.15) is 5.56 Å². The number of nitrogens with zero attached hydrogens (tertiary/aromatic N) is 1. The Hall–Kier alpha value is -1.70. The molecule has 0 spiro atoms. The highest BCUT2D eigenvalue weighted by Gasteiger charge is 2.45. The van der Waals surface area contributed by atoms with Gasteiger partial charge in [0.25, 0.3) is 10.0 Å². The molecule has 8 heteroatoms. The van der Waals surface area contributed by atoms with Crippen LogP contribution in [0, 0.1) is 0 Å². The molecule has 98 valence electrons. The number of benzene rings is 1. The van der Waals surface area contributed by atoms with Crippen molar-refractivity contribution in [1.82, 2.24) is 0 Å². The SMILES string of the molecule is O=C(O)C1Cc2ccccc2N1S(=O)(=O)C(F)F. The van der Waals surface area contributed by atoms with E-state index in [1.165, 1.54) is 18.2 Å². The lowest BCUT2D eigenvalue weighted by molar-refractivity contribution is -0.138. The maximum Gasteiger partial charge on any atom is 0.355 e. The van der Waals surface area contributed by atoms with Crippen molar-refractivity contribution >= 4 is 21.7 Å². The summed E-state index contributed by atoms with van der Waals surface area (Å²) in [5.74, 6) is -5.10. The van der Waals surface area contributed by atoms with Crippen LogP contribution in [0.4, 0.5) is 14.5 Å². The van der Waals surface area contributed by atoms with Gasteiger partial charge in [-0.2, -0.15) is 8.78 Å². The first-order valence-electron chi connectivity index (χ1n) is 4.98. The highest BCUT2D eigenvalue weighted by molar-refractivity contribution is 7.93. The van der Waals surface area contributed by atoms with Crippen LogP contribution in [0.5, 0.6) is 0 Å². The molecule has 0 bridgehead atoms. The van der Waals surface area contributed by atoms with Crippen molar-refractivity contribution in [2.24, 2.45) is 0 Å². The zero-order chi connectivity index (χ0) is 13.5. The normalized spacial score (nSPS) is 19.1. The minimum atomic E-state index is -4.97. The van der Waals surface area contributed by atoms with E-state index in [2.05, 4.69) is 0 Å². The number of fused-ring (bicyclic) bond motifs is 1. The lowest BCUT2D eigenvalue weighted by Crippen LogP contribution is -2.45. The molecule has 18 heavy (non-hydrogen) atoms. The van der Waals surface area contributed by atoms with Crippen molar-refractivity contribution < 1.29 is 27.1 Å².